The first kappa shape index (κ1) is 16.9. The molecule has 0 saturated heterocycles. The van der Waals surface area contributed by atoms with E-state index in [4.69, 9.17) is 0 Å². The summed E-state index contributed by atoms with van der Waals surface area (Å²) in [7, 11) is 0. The molecule has 0 radical (unpaired) electrons. The minimum absolute atomic E-state index is 0.254. The van der Waals surface area contributed by atoms with Gasteiger partial charge in [-0.3, -0.25) is 9.78 Å². The van der Waals surface area contributed by atoms with Crippen molar-refractivity contribution < 1.29 is 4.79 Å². The summed E-state index contributed by atoms with van der Waals surface area (Å²) >= 11 is 0. The molecule has 1 aromatic carbocycles. The van der Waals surface area contributed by atoms with Crippen molar-refractivity contribution in [2.45, 2.75) is 19.9 Å². The van der Waals surface area contributed by atoms with E-state index in [1.54, 1.807) is 41.4 Å². The summed E-state index contributed by atoms with van der Waals surface area (Å²) < 4.78 is 1.59. The van der Waals surface area contributed by atoms with Crippen molar-refractivity contribution in [1.82, 2.24) is 24.9 Å². The maximum atomic E-state index is 12.9. The van der Waals surface area contributed by atoms with E-state index < -0.39 is 0 Å². The quantitative estimate of drug-likeness (QED) is 0.608. The average molecular weight is 357 g/mol. The Morgan fingerprint density at radius 3 is 2.78 bits per heavy atom. The molecule has 27 heavy (non-hydrogen) atoms. The molecule has 0 saturated carbocycles. The normalized spacial score (nSPS) is 12.1. The Bertz CT molecular complexity index is 1070. The Kier molecular flexibility index (Phi) is 4.38. The fourth-order valence-electron chi connectivity index (χ4n) is 3.10. The monoisotopic (exact) mass is 357 g/mol. The summed E-state index contributed by atoms with van der Waals surface area (Å²) in [6.07, 6.45) is 6.94. The number of fused-ring (bicyclic) bond motifs is 1. The molecule has 1 atom stereocenters. The molecule has 0 fully saturated rings. The van der Waals surface area contributed by atoms with Crippen LogP contribution in [0.4, 0.5) is 0 Å². The Balaban J connectivity index is 1.72. The predicted molar refractivity (Wildman–Crippen MR) is 102 cm³/mol. The SMILES string of the molecule is Cc1ccc(C)c([C@H](NC(=O)c2cc3ncccn3n2)c2cccnc2)c1. The predicted octanol–water partition coefficient (Wildman–Crippen LogP) is 3.26. The van der Waals surface area contributed by atoms with E-state index in [0.717, 1.165) is 22.3 Å². The van der Waals surface area contributed by atoms with Crippen LogP contribution in [0.25, 0.3) is 5.65 Å². The zero-order valence-electron chi connectivity index (χ0n) is 15.1. The van der Waals surface area contributed by atoms with Gasteiger partial charge in [0.15, 0.2) is 11.3 Å². The number of amides is 1. The lowest BCUT2D eigenvalue weighted by atomic mass is 9.94. The minimum atomic E-state index is -0.316. The summed E-state index contributed by atoms with van der Waals surface area (Å²) in [6, 6.07) is 13.2. The van der Waals surface area contributed by atoms with Crippen LogP contribution in [0.5, 0.6) is 0 Å². The first-order chi connectivity index (χ1) is 13.1. The van der Waals surface area contributed by atoms with Gasteiger partial charge in [0.1, 0.15) is 0 Å². The number of nitrogens with one attached hydrogen (secondary N) is 1. The summed E-state index contributed by atoms with van der Waals surface area (Å²) in [5, 5.41) is 7.43. The third-order valence-electron chi connectivity index (χ3n) is 4.51. The molecule has 4 rings (SSSR count). The fraction of sp³-hybridized carbons (Fsp3) is 0.143. The van der Waals surface area contributed by atoms with Gasteiger partial charge in [0.05, 0.1) is 6.04 Å². The highest BCUT2D eigenvalue weighted by molar-refractivity contribution is 5.93. The lowest BCUT2D eigenvalue weighted by molar-refractivity contribution is 0.0937. The number of hydrogen-bond acceptors (Lipinski definition) is 4. The van der Waals surface area contributed by atoms with Crippen molar-refractivity contribution >= 4 is 11.6 Å². The lowest BCUT2D eigenvalue weighted by Crippen LogP contribution is -2.30. The minimum Gasteiger partial charge on any atom is -0.340 e. The Hall–Kier alpha value is -3.54. The van der Waals surface area contributed by atoms with Gasteiger partial charge in [0.25, 0.3) is 5.91 Å². The van der Waals surface area contributed by atoms with Gasteiger partial charge in [-0.2, -0.15) is 5.10 Å². The van der Waals surface area contributed by atoms with E-state index >= 15 is 0 Å². The molecule has 0 spiro atoms. The number of benzene rings is 1. The molecule has 3 heterocycles. The van der Waals surface area contributed by atoms with Crippen molar-refractivity contribution in [3.63, 3.8) is 0 Å². The van der Waals surface area contributed by atoms with Gasteiger partial charge < -0.3 is 5.32 Å². The molecule has 1 N–H and O–H groups in total. The second-order valence-corrected chi connectivity index (χ2v) is 6.50. The second-order valence-electron chi connectivity index (χ2n) is 6.50. The number of aromatic nitrogens is 4. The van der Waals surface area contributed by atoms with Crippen molar-refractivity contribution in [3.8, 4) is 0 Å². The van der Waals surface area contributed by atoms with Crippen LogP contribution in [0.1, 0.15) is 38.8 Å². The standard InChI is InChI=1S/C21H19N5O/c1-14-6-7-15(2)17(11-14)20(16-5-3-8-22-13-16)24-21(27)18-12-19-23-9-4-10-26(19)25-18/h3-13,20H,1-2H3,(H,24,27)/t20-/m1/s1. The second kappa shape index (κ2) is 6.99. The molecular formula is C21H19N5O. The van der Waals surface area contributed by atoms with Gasteiger partial charge in [-0.25, -0.2) is 9.50 Å². The van der Waals surface area contributed by atoms with Gasteiger partial charge in [0.2, 0.25) is 0 Å². The molecule has 0 unspecified atom stereocenters. The van der Waals surface area contributed by atoms with Crippen LogP contribution < -0.4 is 5.32 Å². The smallest absolute Gasteiger partial charge is 0.272 e. The number of rotatable bonds is 4. The maximum Gasteiger partial charge on any atom is 0.272 e. The molecule has 6 nitrogen and oxygen atoms in total. The maximum absolute atomic E-state index is 12.9. The van der Waals surface area contributed by atoms with Gasteiger partial charge in [-0.15, -0.1) is 0 Å². The van der Waals surface area contributed by atoms with Crippen LogP contribution in [0, 0.1) is 13.8 Å². The summed E-state index contributed by atoms with van der Waals surface area (Å²) in [4.78, 5) is 21.4. The molecule has 0 aliphatic carbocycles. The molecule has 4 aromatic rings. The molecular weight excluding hydrogens is 338 g/mol. The average Bonchev–Trinajstić information content (AvgIpc) is 3.13. The molecule has 0 bridgehead atoms. The summed E-state index contributed by atoms with van der Waals surface area (Å²) in [5.74, 6) is -0.254. The van der Waals surface area contributed by atoms with Gasteiger partial charge >= 0.3 is 0 Å². The highest BCUT2D eigenvalue weighted by Crippen LogP contribution is 2.26. The summed E-state index contributed by atoms with van der Waals surface area (Å²) in [6.45, 7) is 4.08. The largest absolute Gasteiger partial charge is 0.340 e. The Labute approximate surface area is 156 Å². The lowest BCUT2D eigenvalue weighted by Gasteiger charge is -2.21. The molecule has 0 aliphatic heterocycles. The molecule has 134 valence electrons. The fourth-order valence-corrected chi connectivity index (χ4v) is 3.10. The number of hydrogen-bond donors (Lipinski definition) is 1. The third-order valence-corrected chi connectivity index (χ3v) is 4.51. The van der Waals surface area contributed by atoms with Crippen LogP contribution in [0.2, 0.25) is 0 Å². The van der Waals surface area contributed by atoms with Crippen molar-refractivity contribution in [2.24, 2.45) is 0 Å². The third kappa shape index (κ3) is 3.42. The van der Waals surface area contributed by atoms with Crippen LogP contribution in [-0.4, -0.2) is 25.5 Å². The number of carbonyl (C=O) groups is 1. The van der Waals surface area contributed by atoms with Crippen LogP contribution in [-0.2, 0) is 0 Å². The van der Waals surface area contributed by atoms with Crippen molar-refractivity contribution in [1.29, 1.82) is 0 Å². The van der Waals surface area contributed by atoms with E-state index in [-0.39, 0.29) is 11.9 Å². The summed E-state index contributed by atoms with van der Waals surface area (Å²) in [5.41, 5.74) is 5.15. The zero-order chi connectivity index (χ0) is 18.8. The zero-order valence-corrected chi connectivity index (χ0v) is 15.1. The topological polar surface area (TPSA) is 72.2 Å². The van der Waals surface area contributed by atoms with E-state index in [1.165, 1.54) is 0 Å². The van der Waals surface area contributed by atoms with E-state index in [2.05, 4.69) is 38.6 Å². The number of aryl methyl sites for hydroxylation is 2. The van der Waals surface area contributed by atoms with Crippen molar-refractivity contribution in [3.05, 3.63) is 95.2 Å². The van der Waals surface area contributed by atoms with Gasteiger partial charge in [0, 0.05) is 30.9 Å². The van der Waals surface area contributed by atoms with Crippen LogP contribution in [0.15, 0.2) is 67.3 Å². The highest BCUT2D eigenvalue weighted by atomic mass is 16.2. The molecule has 0 aliphatic rings. The molecule has 3 aromatic heterocycles. The molecule has 1 amide bonds. The van der Waals surface area contributed by atoms with Crippen LogP contribution in [0.3, 0.4) is 0 Å². The molecule has 6 heteroatoms. The first-order valence-electron chi connectivity index (χ1n) is 8.70. The Morgan fingerprint density at radius 1 is 1.11 bits per heavy atom. The van der Waals surface area contributed by atoms with Crippen LogP contribution >= 0.6 is 0 Å². The first-order valence-corrected chi connectivity index (χ1v) is 8.70. The van der Waals surface area contributed by atoms with Gasteiger partial charge in [-0.1, -0.05) is 29.8 Å². The van der Waals surface area contributed by atoms with E-state index in [1.807, 2.05) is 26.0 Å². The number of nitrogens with zero attached hydrogens (tertiary/aromatic N) is 4. The van der Waals surface area contributed by atoms with Crippen molar-refractivity contribution in [2.75, 3.05) is 0 Å². The number of pyridine rings is 1. The Morgan fingerprint density at radius 2 is 2.00 bits per heavy atom. The van der Waals surface area contributed by atoms with Gasteiger partial charge in [-0.05, 0) is 42.7 Å². The van der Waals surface area contributed by atoms with E-state index in [9.17, 15) is 4.79 Å². The number of carbonyl (C=O) groups excluding carboxylic acids is 1. The highest BCUT2D eigenvalue weighted by Gasteiger charge is 2.21. The van der Waals surface area contributed by atoms with E-state index in [0.29, 0.717) is 11.3 Å².